The topological polar surface area (TPSA) is 151 Å². The van der Waals surface area contributed by atoms with E-state index in [2.05, 4.69) is 5.16 Å². The van der Waals surface area contributed by atoms with Gasteiger partial charge in [0.15, 0.2) is 0 Å². The van der Waals surface area contributed by atoms with E-state index in [0.717, 1.165) is 0 Å². The largest absolute Gasteiger partial charge is 0.342 e. The summed E-state index contributed by atoms with van der Waals surface area (Å²) in [6.07, 6.45) is 1.19. The summed E-state index contributed by atoms with van der Waals surface area (Å²) < 4.78 is 0. The molecule has 0 aliphatic carbocycles. The Balaban J connectivity index is 2.46. The molecule has 0 atom stereocenters. The minimum Gasteiger partial charge on any atom is -0.342 e. The smallest absolute Gasteiger partial charge is 0.328 e. The van der Waals surface area contributed by atoms with E-state index in [1.54, 1.807) is 30.3 Å². The molecule has 0 fully saturated rings. The first-order valence-corrected chi connectivity index (χ1v) is 6.27. The summed E-state index contributed by atoms with van der Waals surface area (Å²) in [7, 11) is 0. The molecule has 11 heteroatoms. The molecule has 2 aromatic carbocycles. The highest BCUT2D eigenvalue weighted by molar-refractivity contribution is 5.79. The Kier molecular flexibility index (Phi) is 4.75. The van der Waals surface area contributed by atoms with Crippen LogP contribution in [-0.2, 0) is 0 Å². The van der Waals surface area contributed by atoms with Crippen LogP contribution in [0.15, 0.2) is 47.6 Å². The molecule has 0 aromatic heterocycles. The van der Waals surface area contributed by atoms with Gasteiger partial charge in [0.25, 0.3) is 5.69 Å². The lowest BCUT2D eigenvalue weighted by Gasteiger charge is -2.02. The van der Waals surface area contributed by atoms with Crippen molar-refractivity contribution in [1.82, 2.24) is 0 Å². The summed E-state index contributed by atoms with van der Waals surface area (Å²) in [5, 5.41) is 36.3. The number of oxime groups is 1. The normalized spacial score (nSPS) is 10.5. The number of hydrogen-bond donors (Lipinski definition) is 0. The number of non-ortho nitro benzene ring substituents is 1. The third-order valence-electron chi connectivity index (χ3n) is 2.78. The van der Waals surface area contributed by atoms with E-state index in [9.17, 15) is 30.3 Å². The Morgan fingerprint density at radius 3 is 1.88 bits per heavy atom. The lowest BCUT2D eigenvalue weighted by Crippen LogP contribution is -2.01. The first-order chi connectivity index (χ1) is 11.4. The quantitative estimate of drug-likeness (QED) is 0.448. The zero-order valence-electron chi connectivity index (χ0n) is 11.8. The highest BCUT2D eigenvalue weighted by Crippen LogP contribution is 2.40. The molecule has 122 valence electrons. The Hall–Kier alpha value is -3.89. The van der Waals surface area contributed by atoms with Crippen LogP contribution in [0.4, 0.5) is 17.1 Å². The molecule has 2 aromatic rings. The molecule has 0 bridgehead atoms. The van der Waals surface area contributed by atoms with Crippen LogP contribution < -0.4 is 4.84 Å². The van der Waals surface area contributed by atoms with Crippen LogP contribution in [-0.4, -0.2) is 21.0 Å². The molecule has 2 rings (SSSR count). The van der Waals surface area contributed by atoms with Gasteiger partial charge in [-0.2, -0.15) is 0 Å². The molecule has 0 radical (unpaired) electrons. The number of hydrogen-bond acceptors (Lipinski definition) is 8. The van der Waals surface area contributed by atoms with E-state index in [4.69, 9.17) is 4.84 Å². The van der Waals surface area contributed by atoms with Crippen LogP contribution in [0.1, 0.15) is 5.56 Å². The van der Waals surface area contributed by atoms with Crippen molar-refractivity contribution in [2.45, 2.75) is 0 Å². The summed E-state index contributed by atoms with van der Waals surface area (Å²) in [6, 6.07) is 9.62. The fraction of sp³-hybridized carbons (Fsp3) is 0. The SMILES string of the molecule is O=[N+]([O-])c1cc([N+](=O)[O-])c(O/N=C/c2ccccc2)c([N+](=O)[O-])c1. The first kappa shape index (κ1) is 16.5. The molecular weight excluding hydrogens is 324 g/mol. The predicted molar refractivity (Wildman–Crippen MR) is 81.1 cm³/mol. The second kappa shape index (κ2) is 6.91. The molecule has 0 spiro atoms. The average molecular weight is 332 g/mol. The van der Waals surface area contributed by atoms with Crippen LogP contribution >= 0.6 is 0 Å². The summed E-state index contributed by atoms with van der Waals surface area (Å²) in [4.78, 5) is 34.6. The second-order valence-corrected chi connectivity index (χ2v) is 4.32. The maximum absolute atomic E-state index is 11.0. The van der Waals surface area contributed by atoms with E-state index < -0.39 is 37.6 Å². The fourth-order valence-corrected chi connectivity index (χ4v) is 1.73. The van der Waals surface area contributed by atoms with Gasteiger partial charge in [0.05, 0.1) is 33.1 Å². The average Bonchev–Trinajstić information content (AvgIpc) is 2.55. The molecule has 0 aliphatic heterocycles. The van der Waals surface area contributed by atoms with Gasteiger partial charge in [0.2, 0.25) is 0 Å². The van der Waals surface area contributed by atoms with Crippen molar-refractivity contribution in [3.8, 4) is 5.75 Å². The standard InChI is InChI=1S/C13H8N4O7/c18-15(19)10-6-11(16(20)21)13(12(7-10)17(22)23)24-14-8-9-4-2-1-3-5-9/h1-8H/b14-8+. The summed E-state index contributed by atoms with van der Waals surface area (Å²) in [5.41, 5.74) is -2.07. The lowest BCUT2D eigenvalue weighted by atomic mass is 10.2. The maximum atomic E-state index is 11.0. The Morgan fingerprint density at radius 1 is 0.875 bits per heavy atom. The van der Waals surface area contributed by atoms with Crippen molar-refractivity contribution >= 4 is 23.3 Å². The highest BCUT2D eigenvalue weighted by Gasteiger charge is 2.32. The Labute approximate surface area is 133 Å². The number of nitro groups is 3. The van der Waals surface area contributed by atoms with Crippen LogP contribution in [0.5, 0.6) is 5.75 Å². The molecular formula is C13H8N4O7. The van der Waals surface area contributed by atoms with Gasteiger partial charge in [-0.25, -0.2) is 0 Å². The molecule has 0 aliphatic rings. The van der Waals surface area contributed by atoms with Crippen molar-refractivity contribution in [2.24, 2.45) is 5.16 Å². The fourth-order valence-electron chi connectivity index (χ4n) is 1.73. The minimum absolute atomic E-state index is 0.570. The molecule has 0 saturated heterocycles. The molecule has 0 unspecified atom stereocenters. The van der Waals surface area contributed by atoms with Crippen molar-refractivity contribution in [3.63, 3.8) is 0 Å². The van der Waals surface area contributed by atoms with Gasteiger partial charge in [-0.05, 0) is 5.56 Å². The summed E-state index contributed by atoms with van der Waals surface area (Å²) >= 11 is 0. The monoisotopic (exact) mass is 332 g/mol. The molecule has 0 amide bonds. The zero-order chi connectivity index (χ0) is 17.7. The van der Waals surface area contributed by atoms with Gasteiger partial charge in [0.1, 0.15) is 0 Å². The van der Waals surface area contributed by atoms with E-state index in [1.807, 2.05) is 0 Å². The van der Waals surface area contributed by atoms with Crippen LogP contribution in [0.2, 0.25) is 0 Å². The van der Waals surface area contributed by atoms with Crippen molar-refractivity contribution < 1.29 is 19.6 Å². The van der Waals surface area contributed by atoms with Gasteiger partial charge in [0, 0.05) is 0 Å². The number of benzene rings is 2. The number of rotatable bonds is 6. The van der Waals surface area contributed by atoms with Crippen molar-refractivity contribution in [3.05, 3.63) is 78.4 Å². The second-order valence-electron chi connectivity index (χ2n) is 4.32. The van der Waals surface area contributed by atoms with E-state index >= 15 is 0 Å². The van der Waals surface area contributed by atoms with Gasteiger partial charge >= 0.3 is 17.1 Å². The van der Waals surface area contributed by atoms with Crippen LogP contribution in [0.3, 0.4) is 0 Å². The third-order valence-corrected chi connectivity index (χ3v) is 2.78. The molecule has 0 saturated carbocycles. The number of nitro benzene ring substituents is 3. The van der Waals surface area contributed by atoms with Crippen LogP contribution in [0.25, 0.3) is 0 Å². The van der Waals surface area contributed by atoms with E-state index in [0.29, 0.717) is 17.7 Å². The molecule has 0 heterocycles. The van der Waals surface area contributed by atoms with Gasteiger partial charge in [-0.3, -0.25) is 30.3 Å². The summed E-state index contributed by atoms with van der Waals surface area (Å²) in [6.45, 7) is 0. The Bertz CT molecular complexity index is 800. The van der Waals surface area contributed by atoms with E-state index in [-0.39, 0.29) is 0 Å². The highest BCUT2D eigenvalue weighted by atomic mass is 16.7. The lowest BCUT2D eigenvalue weighted by molar-refractivity contribution is -0.404. The van der Waals surface area contributed by atoms with Crippen molar-refractivity contribution in [2.75, 3.05) is 0 Å². The zero-order valence-corrected chi connectivity index (χ0v) is 11.8. The van der Waals surface area contributed by atoms with Crippen LogP contribution in [0, 0.1) is 30.3 Å². The number of nitrogens with zero attached hydrogens (tertiary/aromatic N) is 4. The molecule has 11 nitrogen and oxygen atoms in total. The van der Waals surface area contributed by atoms with Crippen molar-refractivity contribution in [1.29, 1.82) is 0 Å². The summed E-state index contributed by atoms with van der Waals surface area (Å²) in [5.74, 6) is -0.789. The first-order valence-electron chi connectivity index (χ1n) is 6.27. The molecule has 24 heavy (non-hydrogen) atoms. The predicted octanol–water partition coefficient (Wildman–Crippen LogP) is 2.82. The van der Waals surface area contributed by atoms with E-state index in [1.165, 1.54) is 6.21 Å². The molecule has 0 N–H and O–H groups in total. The van der Waals surface area contributed by atoms with Gasteiger partial charge in [-0.15, -0.1) is 0 Å². The Morgan fingerprint density at radius 2 is 1.42 bits per heavy atom. The maximum Gasteiger partial charge on any atom is 0.328 e. The third kappa shape index (κ3) is 3.65. The van der Waals surface area contributed by atoms with Gasteiger partial charge < -0.3 is 4.84 Å². The van der Waals surface area contributed by atoms with Gasteiger partial charge in [-0.1, -0.05) is 35.5 Å². The minimum atomic E-state index is -1.02.